The second kappa shape index (κ2) is 2.70. The molecule has 0 aromatic carbocycles. The molecule has 0 saturated carbocycles. The molecule has 0 heterocycles. The van der Waals surface area contributed by atoms with Gasteiger partial charge in [-0.2, -0.15) is 0 Å². The van der Waals surface area contributed by atoms with Crippen LogP contribution in [0.4, 0.5) is 0 Å². The van der Waals surface area contributed by atoms with E-state index >= 15 is 0 Å². The lowest BCUT2D eigenvalue weighted by molar-refractivity contribution is 0.359. The van der Waals surface area contributed by atoms with Crippen LogP contribution in [-0.2, 0) is 0 Å². The van der Waals surface area contributed by atoms with Gasteiger partial charge in [-0.3, -0.25) is 0 Å². The van der Waals surface area contributed by atoms with Crippen molar-refractivity contribution in [1.82, 2.24) is 5.32 Å². The van der Waals surface area contributed by atoms with Crippen LogP contribution in [0.3, 0.4) is 0 Å². The summed E-state index contributed by atoms with van der Waals surface area (Å²) in [7, 11) is 1.86. The van der Waals surface area contributed by atoms with Gasteiger partial charge in [-0.25, -0.2) is 0 Å². The van der Waals surface area contributed by atoms with Crippen molar-refractivity contribution in [3.8, 4) is 0 Å². The minimum absolute atomic E-state index is 0.0718. The largest absolute Gasteiger partial charge is 0.304 e. The van der Waals surface area contributed by atoms with Crippen molar-refractivity contribution in [3.63, 3.8) is 0 Å². The van der Waals surface area contributed by atoms with E-state index in [0.717, 1.165) is 0 Å². The van der Waals surface area contributed by atoms with E-state index in [1.165, 1.54) is 0 Å². The van der Waals surface area contributed by atoms with E-state index in [0.29, 0.717) is 0 Å². The molecule has 0 spiro atoms. The predicted octanol–water partition coefficient (Wildman–Crippen LogP) is 1.82. The van der Waals surface area contributed by atoms with Gasteiger partial charge in [0.1, 0.15) is 0 Å². The van der Waals surface area contributed by atoms with Crippen LogP contribution in [0.15, 0.2) is 0 Å². The van der Waals surface area contributed by atoms with E-state index in [1.807, 2.05) is 7.05 Å². The van der Waals surface area contributed by atoms with E-state index in [2.05, 4.69) is 26.1 Å². The van der Waals surface area contributed by atoms with Crippen molar-refractivity contribution < 1.29 is 0 Å². The first kappa shape index (κ1) is 8.25. The molecule has 0 bridgehead atoms. The Balaban J connectivity index is 3.62. The molecule has 1 N–H and O–H groups in total. The zero-order valence-electron chi connectivity index (χ0n) is 5.96. The third kappa shape index (κ3) is 2.53. The fraction of sp³-hybridized carbons (Fsp3) is 1.00. The fourth-order valence-corrected chi connectivity index (χ4v) is 0.433. The molecule has 0 fully saturated rings. The molecule has 50 valence electrons. The Bertz CT molecular complexity index is 65.4. The SMILES string of the molecule is CNC(Cl)C(C)(C)C. The second-order valence-corrected chi connectivity index (χ2v) is 3.45. The summed E-state index contributed by atoms with van der Waals surface area (Å²) in [5.41, 5.74) is 0.235. The number of hydrogen-bond acceptors (Lipinski definition) is 1. The van der Waals surface area contributed by atoms with Gasteiger partial charge in [0.2, 0.25) is 0 Å². The summed E-state index contributed by atoms with van der Waals surface area (Å²) in [6.07, 6.45) is 0. The summed E-state index contributed by atoms with van der Waals surface area (Å²) in [6, 6.07) is 0. The third-order valence-electron chi connectivity index (χ3n) is 1.01. The van der Waals surface area contributed by atoms with E-state index in [9.17, 15) is 0 Å². The van der Waals surface area contributed by atoms with Gasteiger partial charge in [0.15, 0.2) is 0 Å². The standard InChI is InChI=1S/C6H14ClN/c1-6(2,3)5(7)8-4/h5,8H,1-4H3. The normalized spacial score (nSPS) is 16.1. The molecule has 1 nitrogen and oxygen atoms in total. The third-order valence-corrected chi connectivity index (χ3v) is 1.89. The maximum Gasteiger partial charge on any atom is 0.0871 e. The second-order valence-electron chi connectivity index (χ2n) is 3.02. The van der Waals surface area contributed by atoms with Crippen LogP contribution >= 0.6 is 11.6 Å². The molecular weight excluding hydrogens is 122 g/mol. The zero-order valence-corrected chi connectivity index (χ0v) is 6.71. The minimum atomic E-state index is 0.0718. The maximum atomic E-state index is 5.83. The maximum absolute atomic E-state index is 5.83. The first-order chi connectivity index (χ1) is 3.48. The van der Waals surface area contributed by atoms with Gasteiger partial charge >= 0.3 is 0 Å². The summed E-state index contributed by atoms with van der Waals surface area (Å²) < 4.78 is 0. The molecule has 0 aromatic rings. The summed E-state index contributed by atoms with van der Waals surface area (Å²) in [5, 5.41) is 2.97. The van der Waals surface area contributed by atoms with Crippen LogP contribution in [0, 0.1) is 5.41 Å². The number of nitrogens with one attached hydrogen (secondary N) is 1. The average molecular weight is 136 g/mol. The van der Waals surface area contributed by atoms with Crippen LogP contribution in [0.1, 0.15) is 20.8 Å². The Morgan fingerprint density at radius 3 is 1.75 bits per heavy atom. The Hall–Kier alpha value is 0.250. The quantitative estimate of drug-likeness (QED) is 0.427. The summed E-state index contributed by atoms with van der Waals surface area (Å²) in [5.74, 6) is 0. The topological polar surface area (TPSA) is 12.0 Å². The highest BCUT2D eigenvalue weighted by molar-refractivity contribution is 6.20. The molecule has 0 aliphatic rings. The van der Waals surface area contributed by atoms with Crippen molar-refractivity contribution in [2.45, 2.75) is 26.3 Å². The molecule has 0 radical (unpaired) electrons. The molecule has 1 atom stereocenters. The van der Waals surface area contributed by atoms with Gasteiger partial charge in [-0.05, 0) is 12.5 Å². The van der Waals surface area contributed by atoms with Gasteiger partial charge < -0.3 is 5.32 Å². The van der Waals surface area contributed by atoms with Crippen molar-refractivity contribution in [3.05, 3.63) is 0 Å². The van der Waals surface area contributed by atoms with Crippen LogP contribution in [-0.4, -0.2) is 12.5 Å². The number of hydrogen-bond donors (Lipinski definition) is 1. The van der Waals surface area contributed by atoms with E-state index in [-0.39, 0.29) is 10.9 Å². The van der Waals surface area contributed by atoms with Crippen LogP contribution in [0.25, 0.3) is 0 Å². The lowest BCUT2D eigenvalue weighted by Crippen LogP contribution is -2.32. The Kier molecular flexibility index (Phi) is 2.78. The summed E-state index contributed by atoms with van der Waals surface area (Å²) in [4.78, 5) is 0. The average Bonchev–Trinajstić information content (AvgIpc) is 1.62. The smallest absolute Gasteiger partial charge is 0.0871 e. The van der Waals surface area contributed by atoms with Crippen molar-refractivity contribution >= 4 is 11.6 Å². The summed E-state index contributed by atoms with van der Waals surface area (Å²) >= 11 is 5.83. The molecule has 0 saturated heterocycles. The Morgan fingerprint density at radius 1 is 1.38 bits per heavy atom. The van der Waals surface area contributed by atoms with Crippen molar-refractivity contribution in [1.29, 1.82) is 0 Å². The van der Waals surface area contributed by atoms with Gasteiger partial charge in [-0.15, -0.1) is 11.6 Å². The molecule has 0 aliphatic heterocycles. The molecule has 8 heavy (non-hydrogen) atoms. The van der Waals surface area contributed by atoms with Crippen LogP contribution < -0.4 is 5.32 Å². The highest BCUT2D eigenvalue weighted by atomic mass is 35.5. The van der Waals surface area contributed by atoms with E-state index in [4.69, 9.17) is 11.6 Å². The van der Waals surface area contributed by atoms with E-state index < -0.39 is 0 Å². The monoisotopic (exact) mass is 135 g/mol. The Morgan fingerprint density at radius 2 is 1.75 bits per heavy atom. The van der Waals surface area contributed by atoms with Gasteiger partial charge in [0, 0.05) is 0 Å². The molecule has 1 unspecified atom stereocenters. The molecule has 0 amide bonds. The lowest BCUT2D eigenvalue weighted by Gasteiger charge is -2.23. The van der Waals surface area contributed by atoms with Crippen LogP contribution in [0.5, 0.6) is 0 Å². The van der Waals surface area contributed by atoms with Crippen molar-refractivity contribution in [2.75, 3.05) is 7.05 Å². The summed E-state index contributed by atoms with van der Waals surface area (Å²) in [6.45, 7) is 6.30. The lowest BCUT2D eigenvalue weighted by atomic mass is 9.97. The molecule has 0 rings (SSSR count). The fourth-order valence-electron chi connectivity index (χ4n) is 0.433. The van der Waals surface area contributed by atoms with Gasteiger partial charge in [-0.1, -0.05) is 20.8 Å². The first-order valence-corrected chi connectivity index (χ1v) is 3.23. The molecule has 0 aliphatic carbocycles. The Labute approximate surface area is 56.4 Å². The highest BCUT2D eigenvalue weighted by Crippen LogP contribution is 2.21. The number of alkyl halides is 1. The van der Waals surface area contributed by atoms with Crippen LogP contribution in [0.2, 0.25) is 0 Å². The van der Waals surface area contributed by atoms with Gasteiger partial charge in [0.25, 0.3) is 0 Å². The minimum Gasteiger partial charge on any atom is -0.304 e. The number of rotatable bonds is 1. The molecule has 2 heteroatoms. The first-order valence-electron chi connectivity index (χ1n) is 2.80. The molecule has 0 aromatic heterocycles. The predicted molar refractivity (Wildman–Crippen MR) is 38.2 cm³/mol. The van der Waals surface area contributed by atoms with E-state index in [1.54, 1.807) is 0 Å². The molecular formula is C6H14ClN. The van der Waals surface area contributed by atoms with Crippen molar-refractivity contribution in [2.24, 2.45) is 5.41 Å². The number of halogens is 1. The zero-order chi connectivity index (χ0) is 6.78. The van der Waals surface area contributed by atoms with Gasteiger partial charge in [0.05, 0.1) is 5.50 Å². The highest BCUT2D eigenvalue weighted by Gasteiger charge is 2.19.